The highest BCUT2D eigenvalue weighted by Crippen LogP contribution is 2.18. The Morgan fingerprint density at radius 2 is 2.21 bits per heavy atom. The molecule has 1 N–H and O–H groups in total. The van der Waals surface area contributed by atoms with Crippen LogP contribution in [0.1, 0.15) is 26.2 Å². The number of piperidine rings is 1. The van der Waals surface area contributed by atoms with E-state index in [1.54, 1.807) is 14.2 Å². The first-order chi connectivity index (χ1) is 11.6. The summed E-state index contributed by atoms with van der Waals surface area (Å²) in [7, 11) is 5.62. The molecule has 140 valence electrons. The monoisotopic (exact) mass is 342 g/mol. The lowest BCUT2D eigenvalue weighted by molar-refractivity contribution is -0.149. The number of esters is 1. The summed E-state index contributed by atoms with van der Waals surface area (Å²) in [5.74, 6) is 0.749. The second kappa shape index (κ2) is 12.1. The molecule has 7 nitrogen and oxygen atoms in total. The van der Waals surface area contributed by atoms with E-state index in [2.05, 4.69) is 27.2 Å². The van der Waals surface area contributed by atoms with Gasteiger partial charge in [-0.1, -0.05) is 0 Å². The molecule has 0 aromatic carbocycles. The Labute approximate surface area is 146 Å². The highest BCUT2D eigenvalue weighted by Gasteiger charge is 2.28. The molecule has 0 aromatic heterocycles. The molecule has 1 saturated heterocycles. The summed E-state index contributed by atoms with van der Waals surface area (Å²) in [5, 5.41) is 3.41. The van der Waals surface area contributed by atoms with Crippen LogP contribution in [-0.4, -0.2) is 88.9 Å². The number of nitrogens with one attached hydrogen (secondary N) is 1. The fourth-order valence-electron chi connectivity index (χ4n) is 2.86. The van der Waals surface area contributed by atoms with Crippen molar-refractivity contribution in [2.45, 2.75) is 26.2 Å². The van der Waals surface area contributed by atoms with Gasteiger partial charge in [0.25, 0.3) is 0 Å². The number of carbonyl (C=O) groups is 1. The summed E-state index contributed by atoms with van der Waals surface area (Å²) in [6.07, 6.45) is 2.93. The summed E-state index contributed by atoms with van der Waals surface area (Å²) >= 11 is 0. The summed E-state index contributed by atoms with van der Waals surface area (Å²) in [6.45, 7) is 7.49. The Bertz CT molecular complexity index is 390. The first-order valence-electron chi connectivity index (χ1n) is 8.92. The number of ether oxygens (including phenoxy) is 2. The maximum Gasteiger partial charge on any atom is 0.310 e. The average molecular weight is 342 g/mol. The maximum absolute atomic E-state index is 12.0. The van der Waals surface area contributed by atoms with Crippen molar-refractivity contribution in [2.75, 3.05) is 67.1 Å². The molecular weight excluding hydrogens is 308 g/mol. The van der Waals surface area contributed by atoms with Crippen LogP contribution in [0.4, 0.5) is 0 Å². The normalized spacial score (nSPS) is 18.8. The van der Waals surface area contributed by atoms with Crippen LogP contribution < -0.4 is 5.32 Å². The number of carbonyl (C=O) groups excluding carboxylic acids is 1. The third-order valence-electron chi connectivity index (χ3n) is 4.23. The highest BCUT2D eigenvalue weighted by atomic mass is 16.5. The number of guanidine groups is 1. The van der Waals surface area contributed by atoms with Gasteiger partial charge in [-0.05, 0) is 39.8 Å². The second-order valence-electron chi connectivity index (χ2n) is 6.16. The summed E-state index contributed by atoms with van der Waals surface area (Å²) in [4.78, 5) is 20.7. The summed E-state index contributed by atoms with van der Waals surface area (Å²) < 4.78 is 10.2. The Hall–Kier alpha value is -1.34. The van der Waals surface area contributed by atoms with E-state index in [4.69, 9.17) is 9.47 Å². The van der Waals surface area contributed by atoms with Crippen LogP contribution >= 0.6 is 0 Å². The molecule has 0 bridgehead atoms. The van der Waals surface area contributed by atoms with Crippen molar-refractivity contribution in [3.05, 3.63) is 0 Å². The SMILES string of the molecule is CCOC(=O)C1CCCN(C(=NC)NCCCN(C)CCOC)C1. The number of hydrogen-bond acceptors (Lipinski definition) is 5. The van der Waals surface area contributed by atoms with Crippen molar-refractivity contribution < 1.29 is 14.3 Å². The third kappa shape index (κ3) is 7.49. The van der Waals surface area contributed by atoms with E-state index in [9.17, 15) is 4.79 Å². The lowest BCUT2D eigenvalue weighted by Crippen LogP contribution is -2.48. The van der Waals surface area contributed by atoms with E-state index in [1.807, 2.05) is 6.92 Å². The molecule has 1 fully saturated rings. The van der Waals surface area contributed by atoms with Crippen LogP contribution in [0.3, 0.4) is 0 Å². The van der Waals surface area contributed by atoms with Crippen molar-refractivity contribution in [1.29, 1.82) is 0 Å². The molecule has 0 amide bonds. The van der Waals surface area contributed by atoms with Gasteiger partial charge in [0.05, 0.1) is 19.1 Å². The lowest BCUT2D eigenvalue weighted by Gasteiger charge is -2.34. The van der Waals surface area contributed by atoms with E-state index >= 15 is 0 Å². The van der Waals surface area contributed by atoms with Crippen LogP contribution in [0.15, 0.2) is 4.99 Å². The molecule has 0 spiro atoms. The summed E-state index contributed by atoms with van der Waals surface area (Å²) in [5.41, 5.74) is 0. The molecule has 0 saturated carbocycles. The minimum Gasteiger partial charge on any atom is -0.466 e. The molecule has 0 aromatic rings. The van der Waals surface area contributed by atoms with Gasteiger partial charge in [0.1, 0.15) is 0 Å². The molecule has 1 rings (SSSR count). The van der Waals surface area contributed by atoms with Gasteiger partial charge in [0, 0.05) is 40.3 Å². The molecule has 0 aliphatic carbocycles. The first-order valence-corrected chi connectivity index (χ1v) is 8.92. The highest BCUT2D eigenvalue weighted by molar-refractivity contribution is 5.81. The first kappa shape index (κ1) is 20.7. The zero-order valence-corrected chi connectivity index (χ0v) is 15.7. The number of likely N-dealkylation sites (N-methyl/N-ethyl adjacent to an activating group) is 1. The van der Waals surface area contributed by atoms with Crippen LogP contribution in [0, 0.1) is 5.92 Å². The van der Waals surface area contributed by atoms with Gasteiger partial charge in [-0.25, -0.2) is 0 Å². The van der Waals surface area contributed by atoms with Gasteiger partial charge < -0.3 is 24.6 Å². The third-order valence-corrected chi connectivity index (χ3v) is 4.23. The van der Waals surface area contributed by atoms with Gasteiger partial charge in [0.2, 0.25) is 0 Å². The quantitative estimate of drug-likeness (QED) is 0.289. The fourth-order valence-corrected chi connectivity index (χ4v) is 2.86. The van der Waals surface area contributed by atoms with E-state index in [1.165, 1.54) is 0 Å². The number of aliphatic imine (C=N–C) groups is 1. The molecule has 24 heavy (non-hydrogen) atoms. The lowest BCUT2D eigenvalue weighted by atomic mass is 9.98. The number of hydrogen-bond donors (Lipinski definition) is 1. The zero-order chi connectivity index (χ0) is 17.8. The second-order valence-corrected chi connectivity index (χ2v) is 6.16. The van der Waals surface area contributed by atoms with E-state index < -0.39 is 0 Å². The van der Waals surface area contributed by atoms with Crippen LogP contribution in [0.25, 0.3) is 0 Å². The molecule has 0 radical (unpaired) electrons. The van der Waals surface area contributed by atoms with Gasteiger partial charge in [0.15, 0.2) is 5.96 Å². The molecule has 1 atom stereocenters. The van der Waals surface area contributed by atoms with Crippen molar-refractivity contribution in [3.63, 3.8) is 0 Å². The molecule has 1 aliphatic rings. The average Bonchev–Trinajstić information content (AvgIpc) is 2.60. The number of methoxy groups -OCH3 is 1. The van der Waals surface area contributed by atoms with E-state index in [0.717, 1.165) is 58.0 Å². The van der Waals surface area contributed by atoms with E-state index in [0.29, 0.717) is 13.2 Å². The largest absolute Gasteiger partial charge is 0.466 e. The Balaban J connectivity index is 2.34. The molecule has 1 heterocycles. The minimum absolute atomic E-state index is 0.0440. The predicted molar refractivity (Wildman–Crippen MR) is 96.3 cm³/mol. The Morgan fingerprint density at radius 1 is 1.42 bits per heavy atom. The number of likely N-dealkylation sites (tertiary alicyclic amines) is 1. The fraction of sp³-hybridized carbons (Fsp3) is 0.882. The molecule has 1 unspecified atom stereocenters. The predicted octanol–water partition coefficient (Wildman–Crippen LogP) is 0.805. The van der Waals surface area contributed by atoms with Crippen LogP contribution in [0.5, 0.6) is 0 Å². The van der Waals surface area contributed by atoms with Gasteiger partial charge in [-0.3, -0.25) is 9.79 Å². The van der Waals surface area contributed by atoms with Crippen molar-refractivity contribution in [3.8, 4) is 0 Å². The topological polar surface area (TPSA) is 66.4 Å². The molecular formula is C17H34N4O3. The number of nitrogens with zero attached hydrogens (tertiary/aromatic N) is 3. The van der Waals surface area contributed by atoms with Crippen LogP contribution in [-0.2, 0) is 14.3 Å². The molecule has 1 aliphatic heterocycles. The maximum atomic E-state index is 12.0. The van der Waals surface area contributed by atoms with E-state index in [-0.39, 0.29) is 11.9 Å². The van der Waals surface area contributed by atoms with Crippen molar-refractivity contribution in [1.82, 2.24) is 15.1 Å². The number of rotatable bonds is 9. The standard InChI is InChI=1S/C17H34N4O3/c1-5-24-16(22)15-8-6-11-21(14-15)17(18-2)19-9-7-10-20(3)12-13-23-4/h15H,5-14H2,1-4H3,(H,18,19). The Morgan fingerprint density at radius 3 is 2.88 bits per heavy atom. The summed E-state index contributed by atoms with van der Waals surface area (Å²) in [6, 6.07) is 0. The van der Waals surface area contributed by atoms with Crippen molar-refractivity contribution >= 4 is 11.9 Å². The minimum atomic E-state index is -0.0857. The van der Waals surface area contributed by atoms with Crippen LogP contribution in [0.2, 0.25) is 0 Å². The van der Waals surface area contributed by atoms with Gasteiger partial charge >= 0.3 is 5.97 Å². The van der Waals surface area contributed by atoms with Gasteiger partial charge in [-0.2, -0.15) is 0 Å². The Kier molecular flexibility index (Phi) is 10.4. The molecule has 7 heteroatoms. The van der Waals surface area contributed by atoms with Crippen molar-refractivity contribution in [2.24, 2.45) is 10.9 Å². The smallest absolute Gasteiger partial charge is 0.310 e. The van der Waals surface area contributed by atoms with Gasteiger partial charge in [-0.15, -0.1) is 0 Å². The zero-order valence-electron chi connectivity index (χ0n) is 15.7.